The van der Waals surface area contributed by atoms with E-state index in [2.05, 4.69) is 0 Å². The number of hydrogen-bond acceptors (Lipinski definition) is 6. The zero-order valence-electron chi connectivity index (χ0n) is 10.6. The lowest BCUT2D eigenvalue weighted by Gasteiger charge is -2.05. The molecule has 0 saturated heterocycles. The maximum atomic E-state index is 12.1. The molecule has 106 valence electrons. The summed E-state index contributed by atoms with van der Waals surface area (Å²) >= 11 is 0. The third-order valence-electron chi connectivity index (χ3n) is 3.05. The van der Waals surface area contributed by atoms with Crippen molar-refractivity contribution >= 4 is 11.9 Å². The van der Waals surface area contributed by atoms with Crippen molar-refractivity contribution in [2.45, 2.75) is 0 Å². The molecule has 0 aromatic heterocycles. The van der Waals surface area contributed by atoms with Gasteiger partial charge in [-0.1, -0.05) is 0 Å². The summed E-state index contributed by atoms with van der Waals surface area (Å²) in [4.78, 5) is 12.1. The molecule has 6 heteroatoms. The van der Waals surface area contributed by atoms with Crippen molar-refractivity contribution in [3.05, 3.63) is 47.2 Å². The highest BCUT2D eigenvalue weighted by Crippen LogP contribution is 2.38. The summed E-state index contributed by atoms with van der Waals surface area (Å²) in [6, 6.07) is 6.14. The lowest BCUT2D eigenvalue weighted by molar-refractivity contribution is 0.101. The molecular formula is C15H10O6. The van der Waals surface area contributed by atoms with Gasteiger partial charge in [0.1, 0.15) is 28.7 Å². The number of carbonyl (C=O) groups is 1. The van der Waals surface area contributed by atoms with Crippen LogP contribution >= 0.6 is 0 Å². The van der Waals surface area contributed by atoms with Crippen molar-refractivity contribution in [2.24, 2.45) is 0 Å². The minimum atomic E-state index is -0.433. The zero-order chi connectivity index (χ0) is 15.1. The highest BCUT2D eigenvalue weighted by Gasteiger charge is 2.28. The van der Waals surface area contributed by atoms with Crippen molar-refractivity contribution in [3.8, 4) is 28.7 Å². The van der Waals surface area contributed by atoms with Gasteiger partial charge in [0.25, 0.3) is 0 Å². The molecule has 6 nitrogen and oxygen atoms in total. The molecule has 0 unspecified atom stereocenters. The topological polar surface area (TPSA) is 107 Å². The molecule has 3 rings (SSSR count). The second-order valence-corrected chi connectivity index (χ2v) is 4.52. The molecule has 2 aromatic carbocycles. The predicted octanol–water partition coefficient (Wildman–Crippen LogP) is 2.13. The maximum absolute atomic E-state index is 12.1. The fraction of sp³-hybridized carbons (Fsp3) is 0. The second-order valence-electron chi connectivity index (χ2n) is 4.52. The van der Waals surface area contributed by atoms with E-state index in [-0.39, 0.29) is 34.1 Å². The smallest absolute Gasteiger partial charge is 0.231 e. The minimum Gasteiger partial charge on any atom is -0.508 e. The van der Waals surface area contributed by atoms with Crippen LogP contribution < -0.4 is 4.74 Å². The third-order valence-corrected chi connectivity index (χ3v) is 3.05. The van der Waals surface area contributed by atoms with E-state index < -0.39 is 17.3 Å². The molecule has 0 amide bonds. The Bertz CT molecular complexity index is 768. The number of aromatic hydroxyl groups is 4. The average molecular weight is 286 g/mol. The van der Waals surface area contributed by atoms with E-state index in [1.54, 1.807) is 0 Å². The summed E-state index contributed by atoms with van der Waals surface area (Å²) in [5.41, 5.74) is 0.227. The van der Waals surface area contributed by atoms with Gasteiger partial charge in [-0.05, 0) is 18.2 Å². The first kappa shape index (κ1) is 12.9. The molecule has 4 N–H and O–H groups in total. The summed E-state index contributed by atoms with van der Waals surface area (Å²) in [6.45, 7) is 0. The maximum Gasteiger partial charge on any atom is 0.231 e. The number of ketones is 1. The summed E-state index contributed by atoms with van der Waals surface area (Å²) in [7, 11) is 0. The normalized spacial score (nSPS) is 15.0. The Labute approximate surface area is 118 Å². The van der Waals surface area contributed by atoms with E-state index in [1.165, 1.54) is 24.3 Å². The molecule has 21 heavy (non-hydrogen) atoms. The van der Waals surface area contributed by atoms with Gasteiger partial charge in [-0.15, -0.1) is 0 Å². The number of Topliss-reactive ketones (excluding diaryl/α,β-unsaturated/α-hetero) is 1. The van der Waals surface area contributed by atoms with Crippen LogP contribution in [-0.4, -0.2) is 26.2 Å². The third kappa shape index (κ3) is 2.12. The summed E-state index contributed by atoms with van der Waals surface area (Å²) in [5.74, 6) is -1.48. The van der Waals surface area contributed by atoms with Gasteiger partial charge in [0.15, 0.2) is 5.76 Å². The first-order valence-electron chi connectivity index (χ1n) is 5.98. The minimum absolute atomic E-state index is 0.0434. The van der Waals surface area contributed by atoms with Gasteiger partial charge >= 0.3 is 0 Å². The van der Waals surface area contributed by atoms with Gasteiger partial charge in [-0.2, -0.15) is 0 Å². The van der Waals surface area contributed by atoms with Crippen molar-refractivity contribution in [2.75, 3.05) is 0 Å². The van der Waals surface area contributed by atoms with Crippen molar-refractivity contribution < 1.29 is 30.0 Å². The Balaban J connectivity index is 2.06. The van der Waals surface area contributed by atoms with Crippen LogP contribution in [0.2, 0.25) is 0 Å². The number of benzene rings is 2. The summed E-state index contributed by atoms with van der Waals surface area (Å²) < 4.78 is 5.31. The molecule has 0 saturated carbocycles. The number of ether oxygens (including phenoxy) is 1. The highest BCUT2D eigenvalue weighted by atomic mass is 16.5. The Morgan fingerprint density at radius 2 is 1.57 bits per heavy atom. The molecule has 0 fully saturated rings. The number of phenolic OH excluding ortho intramolecular Hbond substituents is 4. The van der Waals surface area contributed by atoms with E-state index in [0.29, 0.717) is 0 Å². The first-order chi connectivity index (χ1) is 9.95. The van der Waals surface area contributed by atoms with Crippen LogP contribution in [-0.2, 0) is 0 Å². The SMILES string of the molecule is O=C1/C(=C/c2c(O)cc(O)cc2O)Oc2cc(O)ccc21. The Kier molecular flexibility index (Phi) is 2.72. The molecule has 0 aliphatic carbocycles. The van der Waals surface area contributed by atoms with Crippen LogP contribution in [0.15, 0.2) is 36.1 Å². The van der Waals surface area contributed by atoms with Crippen molar-refractivity contribution in [1.82, 2.24) is 0 Å². The van der Waals surface area contributed by atoms with Crippen LogP contribution in [0, 0.1) is 0 Å². The van der Waals surface area contributed by atoms with E-state index >= 15 is 0 Å². The fourth-order valence-electron chi connectivity index (χ4n) is 2.06. The van der Waals surface area contributed by atoms with Gasteiger partial charge in [0.2, 0.25) is 5.78 Å². The summed E-state index contributed by atoms with van der Waals surface area (Å²) in [6.07, 6.45) is 1.17. The Morgan fingerprint density at radius 3 is 2.24 bits per heavy atom. The number of hydrogen-bond donors (Lipinski definition) is 4. The van der Waals surface area contributed by atoms with Gasteiger partial charge < -0.3 is 25.2 Å². The quantitative estimate of drug-likeness (QED) is 0.598. The van der Waals surface area contributed by atoms with Crippen molar-refractivity contribution in [3.63, 3.8) is 0 Å². The van der Waals surface area contributed by atoms with E-state index in [9.17, 15) is 25.2 Å². The van der Waals surface area contributed by atoms with E-state index in [4.69, 9.17) is 4.74 Å². The molecule has 0 bridgehead atoms. The number of allylic oxidation sites excluding steroid dienone is 1. The lowest BCUT2D eigenvalue weighted by Crippen LogP contribution is -1.98. The molecule has 0 spiro atoms. The first-order valence-corrected chi connectivity index (χ1v) is 5.98. The molecular weight excluding hydrogens is 276 g/mol. The Hall–Kier alpha value is -3.15. The largest absolute Gasteiger partial charge is 0.508 e. The van der Waals surface area contributed by atoms with Crippen molar-refractivity contribution in [1.29, 1.82) is 0 Å². The van der Waals surface area contributed by atoms with Crippen LogP contribution in [0.5, 0.6) is 28.7 Å². The van der Waals surface area contributed by atoms with Gasteiger partial charge in [0.05, 0.1) is 11.1 Å². The number of rotatable bonds is 1. The number of fused-ring (bicyclic) bond motifs is 1. The average Bonchev–Trinajstić information content (AvgIpc) is 2.70. The van der Waals surface area contributed by atoms with Gasteiger partial charge in [-0.3, -0.25) is 4.79 Å². The molecule has 1 aliphatic heterocycles. The van der Waals surface area contributed by atoms with Gasteiger partial charge in [0, 0.05) is 18.2 Å². The van der Waals surface area contributed by atoms with Crippen LogP contribution in [0.3, 0.4) is 0 Å². The number of carbonyl (C=O) groups excluding carboxylic acids is 1. The molecule has 1 heterocycles. The predicted molar refractivity (Wildman–Crippen MR) is 72.5 cm³/mol. The van der Waals surface area contributed by atoms with E-state index in [0.717, 1.165) is 12.1 Å². The van der Waals surface area contributed by atoms with Crippen LogP contribution in [0.25, 0.3) is 6.08 Å². The molecule has 2 aromatic rings. The van der Waals surface area contributed by atoms with Crippen LogP contribution in [0.1, 0.15) is 15.9 Å². The molecule has 0 atom stereocenters. The van der Waals surface area contributed by atoms with E-state index in [1.807, 2.05) is 0 Å². The zero-order valence-corrected chi connectivity index (χ0v) is 10.6. The monoisotopic (exact) mass is 286 g/mol. The highest BCUT2D eigenvalue weighted by molar-refractivity contribution is 6.14. The number of phenols is 4. The second kappa shape index (κ2) is 4.45. The standard InChI is InChI=1S/C15H10O6/c16-7-1-2-9-13(5-7)21-14(15(9)20)6-10-11(18)3-8(17)4-12(10)19/h1-6,16-19H/b14-6-. The van der Waals surface area contributed by atoms with Gasteiger partial charge in [-0.25, -0.2) is 0 Å². The summed E-state index contributed by atoms with van der Waals surface area (Å²) in [5, 5.41) is 38.0. The fourth-order valence-corrected chi connectivity index (χ4v) is 2.06. The lowest BCUT2D eigenvalue weighted by atomic mass is 10.1. The van der Waals surface area contributed by atoms with Crippen LogP contribution in [0.4, 0.5) is 0 Å². The molecule has 0 radical (unpaired) electrons. The molecule has 1 aliphatic rings. The Morgan fingerprint density at radius 1 is 0.905 bits per heavy atom.